The van der Waals surface area contributed by atoms with Crippen LogP contribution in [0.5, 0.6) is 0 Å². The summed E-state index contributed by atoms with van der Waals surface area (Å²) < 4.78 is 2.32. The van der Waals surface area contributed by atoms with Crippen LogP contribution >= 0.6 is 0 Å². The molecule has 1 aromatic carbocycles. The second-order valence-corrected chi connectivity index (χ2v) is 6.67. The summed E-state index contributed by atoms with van der Waals surface area (Å²) in [4.78, 5) is 4.83. The highest BCUT2D eigenvalue weighted by Gasteiger charge is 2.38. The summed E-state index contributed by atoms with van der Waals surface area (Å²) in [6.45, 7) is 1.09. The Morgan fingerprint density at radius 3 is 2.75 bits per heavy atom. The molecular weight excluding hydrogens is 246 g/mol. The van der Waals surface area contributed by atoms with E-state index >= 15 is 0 Å². The molecule has 4 rings (SSSR count). The SMILES string of the molecule is CNCC1(c2ccc3nc(C4CC4)n(C)c3c2)CCC1. The maximum absolute atomic E-state index is 4.83. The Hall–Kier alpha value is -1.35. The molecule has 106 valence electrons. The summed E-state index contributed by atoms with van der Waals surface area (Å²) in [6.07, 6.45) is 6.61. The van der Waals surface area contributed by atoms with E-state index in [0.717, 1.165) is 12.1 Å². The standard InChI is InChI=1S/C17H23N3/c1-18-11-17(8-3-9-17)13-6-7-14-15(10-13)20(2)16(19-14)12-4-5-12/h6-7,10,12,18H,3-5,8-9,11H2,1-2H3. The van der Waals surface area contributed by atoms with Crippen molar-refractivity contribution in [2.75, 3.05) is 13.6 Å². The van der Waals surface area contributed by atoms with Crippen molar-refractivity contribution in [3.05, 3.63) is 29.6 Å². The van der Waals surface area contributed by atoms with Gasteiger partial charge in [0.05, 0.1) is 11.0 Å². The smallest absolute Gasteiger partial charge is 0.112 e. The van der Waals surface area contributed by atoms with Crippen molar-refractivity contribution < 1.29 is 0 Å². The molecule has 2 aliphatic carbocycles. The molecule has 0 amide bonds. The minimum absolute atomic E-state index is 0.368. The van der Waals surface area contributed by atoms with E-state index in [4.69, 9.17) is 4.98 Å². The summed E-state index contributed by atoms with van der Waals surface area (Å²) in [5, 5.41) is 3.38. The first-order valence-electron chi connectivity index (χ1n) is 7.85. The van der Waals surface area contributed by atoms with Crippen LogP contribution in [0, 0.1) is 0 Å². The highest BCUT2D eigenvalue weighted by Crippen LogP contribution is 2.45. The predicted molar refractivity (Wildman–Crippen MR) is 82.1 cm³/mol. The largest absolute Gasteiger partial charge is 0.331 e. The Morgan fingerprint density at radius 1 is 1.35 bits per heavy atom. The van der Waals surface area contributed by atoms with E-state index in [1.54, 1.807) is 0 Å². The van der Waals surface area contributed by atoms with Crippen LogP contribution in [0.25, 0.3) is 11.0 Å². The molecule has 1 aromatic heterocycles. The highest BCUT2D eigenvalue weighted by atomic mass is 15.1. The third-order valence-corrected chi connectivity index (χ3v) is 5.30. The van der Waals surface area contributed by atoms with Crippen molar-refractivity contribution in [1.82, 2.24) is 14.9 Å². The van der Waals surface area contributed by atoms with Gasteiger partial charge >= 0.3 is 0 Å². The molecule has 0 bridgehead atoms. The zero-order valence-corrected chi connectivity index (χ0v) is 12.4. The quantitative estimate of drug-likeness (QED) is 0.924. The number of aromatic nitrogens is 2. The maximum Gasteiger partial charge on any atom is 0.112 e. The minimum Gasteiger partial charge on any atom is -0.331 e. The molecule has 0 atom stereocenters. The fraction of sp³-hybridized carbons (Fsp3) is 0.588. The van der Waals surface area contributed by atoms with Crippen LogP contribution in [0.2, 0.25) is 0 Å². The monoisotopic (exact) mass is 269 g/mol. The van der Waals surface area contributed by atoms with Crippen LogP contribution in [0.4, 0.5) is 0 Å². The summed E-state index contributed by atoms with van der Waals surface area (Å²) in [6, 6.07) is 6.93. The first-order chi connectivity index (χ1) is 9.73. The second-order valence-electron chi connectivity index (χ2n) is 6.67. The minimum atomic E-state index is 0.368. The van der Waals surface area contributed by atoms with Crippen molar-refractivity contribution in [2.24, 2.45) is 7.05 Å². The van der Waals surface area contributed by atoms with Gasteiger partial charge in [0.2, 0.25) is 0 Å². The number of fused-ring (bicyclic) bond motifs is 1. The van der Waals surface area contributed by atoms with E-state index in [9.17, 15) is 0 Å². The first kappa shape index (κ1) is 12.4. The number of likely N-dealkylation sites (N-methyl/N-ethyl adjacent to an activating group) is 1. The average Bonchev–Trinajstić information content (AvgIpc) is 3.20. The summed E-state index contributed by atoms with van der Waals surface area (Å²) in [5.41, 5.74) is 4.34. The van der Waals surface area contributed by atoms with Crippen LogP contribution in [0.3, 0.4) is 0 Å². The molecule has 1 N–H and O–H groups in total. The summed E-state index contributed by atoms with van der Waals surface area (Å²) in [7, 11) is 4.24. The molecule has 0 saturated heterocycles. The van der Waals surface area contributed by atoms with E-state index in [1.807, 2.05) is 0 Å². The number of hydrogen-bond acceptors (Lipinski definition) is 2. The first-order valence-corrected chi connectivity index (χ1v) is 7.85. The zero-order chi connectivity index (χ0) is 13.7. The van der Waals surface area contributed by atoms with E-state index < -0.39 is 0 Å². The molecule has 3 nitrogen and oxygen atoms in total. The third-order valence-electron chi connectivity index (χ3n) is 5.30. The lowest BCUT2D eigenvalue weighted by molar-refractivity contribution is 0.239. The number of nitrogens with zero attached hydrogens (tertiary/aromatic N) is 2. The lowest BCUT2D eigenvalue weighted by atomic mass is 9.64. The summed E-state index contributed by atoms with van der Waals surface area (Å²) in [5.74, 6) is 2.00. The predicted octanol–water partition coefficient (Wildman–Crippen LogP) is 3.09. The molecule has 2 saturated carbocycles. The lowest BCUT2D eigenvalue weighted by Gasteiger charge is -2.42. The van der Waals surface area contributed by atoms with E-state index in [-0.39, 0.29) is 0 Å². The molecule has 2 aliphatic rings. The van der Waals surface area contributed by atoms with Gasteiger partial charge in [-0.3, -0.25) is 0 Å². The van der Waals surface area contributed by atoms with Crippen LogP contribution in [0.1, 0.15) is 49.4 Å². The number of imidazole rings is 1. The number of rotatable bonds is 4. The average molecular weight is 269 g/mol. The van der Waals surface area contributed by atoms with E-state index in [2.05, 4.69) is 42.2 Å². The van der Waals surface area contributed by atoms with Gasteiger partial charge in [0, 0.05) is 24.9 Å². The van der Waals surface area contributed by atoms with Gasteiger partial charge in [0.25, 0.3) is 0 Å². The van der Waals surface area contributed by atoms with Crippen molar-refractivity contribution in [3.8, 4) is 0 Å². The van der Waals surface area contributed by atoms with Gasteiger partial charge in [-0.2, -0.15) is 0 Å². The van der Waals surface area contributed by atoms with Gasteiger partial charge in [-0.25, -0.2) is 4.98 Å². The van der Waals surface area contributed by atoms with Gasteiger partial charge < -0.3 is 9.88 Å². The van der Waals surface area contributed by atoms with Gasteiger partial charge in [-0.05, 0) is 50.4 Å². The van der Waals surface area contributed by atoms with Gasteiger partial charge in [0.1, 0.15) is 5.82 Å². The van der Waals surface area contributed by atoms with Crippen LogP contribution in [-0.4, -0.2) is 23.1 Å². The molecule has 20 heavy (non-hydrogen) atoms. The fourth-order valence-corrected chi connectivity index (χ4v) is 3.75. The van der Waals surface area contributed by atoms with Crippen molar-refractivity contribution in [1.29, 1.82) is 0 Å². The Morgan fingerprint density at radius 2 is 2.15 bits per heavy atom. The molecule has 1 heterocycles. The molecule has 0 aliphatic heterocycles. The van der Waals surface area contributed by atoms with Crippen molar-refractivity contribution in [3.63, 3.8) is 0 Å². The zero-order valence-electron chi connectivity index (χ0n) is 12.4. The maximum atomic E-state index is 4.83. The summed E-state index contributed by atoms with van der Waals surface area (Å²) >= 11 is 0. The number of aryl methyl sites for hydroxylation is 1. The Balaban J connectivity index is 1.79. The Bertz CT molecular complexity index is 648. The second kappa shape index (κ2) is 4.32. The molecule has 0 radical (unpaired) electrons. The fourth-order valence-electron chi connectivity index (χ4n) is 3.75. The van der Waals surface area contributed by atoms with Gasteiger partial charge in [-0.1, -0.05) is 12.5 Å². The topological polar surface area (TPSA) is 29.9 Å². The molecule has 2 aromatic rings. The van der Waals surface area contributed by atoms with Gasteiger partial charge in [0.15, 0.2) is 0 Å². The number of benzene rings is 1. The third kappa shape index (κ3) is 1.72. The van der Waals surface area contributed by atoms with Crippen molar-refractivity contribution in [2.45, 2.75) is 43.4 Å². The number of hydrogen-bond donors (Lipinski definition) is 1. The normalized spacial score (nSPS) is 21.1. The lowest BCUT2D eigenvalue weighted by Crippen LogP contribution is -2.42. The molecule has 0 spiro atoms. The van der Waals surface area contributed by atoms with Gasteiger partial charge in [-0.15, -0.1) is 0 Å². The molecule has 2 fully saturated rings. The Kier molecular flexibility index (Phi) is 2.68. The molecule has 0 unspecified atom stereocenters. The van der Waals surface area contributed by atoms with Crippen LogP contribution in [-0.2, 0) is 12.5 Å². The van der Waals surface area contributed by atoms with E-state index in [1.165, 1.54) is 49.0 Å². The van der Waals surface area contributed by atoms with Crippen LogP contribution in [0.15, 0.2) is 18.2 Å². The highest BCUT2D eigenvalue weighted by molar-refractivity contribution is 5.77. The van der Waals surface area contributed by atoms with Crippen LogP contribution < -0.4 is 5.32 Å². The van der Waals surface area contributed by atoms with E-state index in [0.29, 0.717) is 11.3 Å². The Labute approximate surface area is 120 Å². The molecular formula is C17H23N3. The molecule has 3 heteroatoms. The van der Waals surface area contributed by atoms with Crippen molar-refractivity contribution >= 4 is 11.0 Å². The number of nitrogens with one attached hydrogen (secondary N) is 1.